The van der Waals surface area contributed by atoms with Crippen LogP contribution in [0, 0.1) is 0 Å². The first-order chi connectivity index (χ1) is 4.33. The molecular weight excluding hydrogens is 114 g/mol. The van der Waals surface area contributed by atoms with E-state index in [1.165, 1.54) is 0 Å². The second-order valence-corrected chi connectivity index (χ2v) is 1.92. The van der Waals surface area contributed by atoms with Gasteiger partial charge in [0.05, 0.1) is 12.0 Å². The van der Waals surface area contributed by atoms with Crippen molar-refractivity contribution in [2.24, 2.45) is 5.73 Å². The van der Waals surface area contributed by atoms with Crippen LogP contribution in [0.3, 0.4) is 0 Å². The van der Waals surface area contributed by atoms with Gasteiger partial charge in [-0.15, -0.1) is 0 Å². The Hall–Kier alpha value is -0.960. The van der Waals surface area contributed by atoms with Crippen LogP contribution in [-0.2, 0) is 0 Å². The lowest BCUT2D eigenvalue weighted by atomic mass is 10.3. The minimum Gasteiger partial charge on any atom is -0.385 e. The minimum absolute atomic E-state index is 0.190. The molecule has 3 nitrogen and oxygen atoms in total. The molecule has 9 heavy (non-hydrogen) atoms. The Labute approximate surface area is 54.6 Å². The lowest BCUT2D eigenvalue weighted by Crippen LogP contribution is -2.41. The molecule has 1 atom stereocenters. The van der Waals surface area contributed by atoms with Crippen molar-refractivity contribution in [2.45, 2.75) is 6.17 Å². The van der Waals surface area contributed by atoms with Crippen LogP contribution in [0.25, 0.3) is 0 Å². The second-order valence-electron chi connectivity index (χ2n) is 1.92. The SMILES string of the molecule is CNC1C=CC=C(N)N1. The van der Waals surface area contributed by atoms with Crippen molar-refractivity contribution in [3.05, 3.63) is 24.0 Å². The zero-order valence-corrected chi connectivity index (χ0v) is 5.39. The van der Waals surface area contributed by atoms with Gasteiger partial charge in [0.15, 0.2) is 0 Å². The molecule has 1 rings (SSSR count). The van der Waals surface area contributed by atoms with E-state index in [-0.39, 0.29) is 6.17 Å². The average Bonchev–Trinajstić information content (AvgIpc) is 1.88. The van der Waals surface area contributed by atoms with Crippen molar-refractivity contribution in [1.29, 1.82) is 0 Å². The molecule has 0 aromatic heterocycles. The van der Waals surface area contributed by atoms with Crippen LogP contribution in [0.2, 0.25) is 0 Å². The first kappa shape index (κ1) is 6.16. The highest BCUT2D eigenvalue weighted by Gasteiger charge is 2.01. The molecule has 3 heteroatoms. The maximum Gasteiger partial charge on any atom is 0.0974 e. The zero-order chi connectivity index (χ0) is 6.69. The Morgan fingerprint density at radius 1 is 1.78 bits per heavy atom. The van der Waals surface area contributed by atoms with Crippen LogP contribution in [-0.4, -0.2) is 13.2 Å². The molecule has 0 aromatic rings. The van der Waals surface area contributed by atoms with Gasteiger partial charge in [-0.05, 0) is 19.2 Å². The molecule has 4 N–H and O–H groups in total. The molecule has 1 heterocycles. The van der Waals surface area contributed by atoms with Gasteiger partial charge in [-0.3, -0.25) is 5.32 Å². The number of hydrogen-bond donors (Lipinski definition) is 3. The van der Waals surface area contributed by atoms with Crippen molar-refractivity contribution in [3.8, 4) is 0 Å². The first-order valence-electron chi connectivity index (χ1n) is 2.90. The number of likely N-dealkylation sites (N-methyl/N-ethyl adjacent to an activating group) is 1. The number of allylic oxidation sites excluding steroid dienone is 2. The van der Waals surface area contributed by atoms with E-state index in [9.17, 15) is 0 Å². The Bertz CT molecular complexity index is 148. The predicted molar refractivity (Wildman–Crippen MR) is 37.4 cm³/mol. The molecule has 0 bridgehead atoms. The summed E-state index contributed by atoms with van der Waals surface area (Å²) in [7, 11) is 1.88. The number of rotatable bonds is 1. The van der Waals surface area contributed by atoms with E-state index in [1.54, 1.807) is 0 Å². The van der Waals surface area contributed by atoms with E-state index in [4.69, 9.17) is 5.73 Å². The van der Waals surface area contributed by atoms with Crippen LogP contribution < -0.4 is 16.4 Å². The zero-order valence-electron chi connectivity index (χ0n) is 5.39. The molecule has 1 aliphatic heterocycles. The van der Waals surface area contributed by atoms with Crippen LogP contribution in [0.1, 0.15) is 0 Å². The fraction of sp³-hybridized carbons (Fsp3) is 0.333. The lowest BCUT2D eigenvalue weighted by Gasteiger charge is -2.17. The summed E-state index contributed by atoms with van der Waals surface area (Å²) in [6.45, 7) is 0. The molecule has 0 amide bonds. The summed E-state index contributed by atoms with van der Waals surface area (Å²) < 4.78 is 0. The van der Waals surface area contributed by atoms with Gasteiger partial charge in [0, 0.05) is 0 Å². The van der Waals surface area contributed by atoms with E-state index in [0.717, 1.165) is 0 Å². The summed E-state index contributed by atoms with van der Waals surface area (Å²) >= 11 is 0. The molecule has 1 aliphatic rings. The molecule has 0 radical (unpaired) electrons. The Kier molecular flexibility index (Phi) is 1.75. The monoisotopic (exact) mass is 125 g/mol. The normalized spacial score (nSPS) is 25.0. The lowest BCUT2D eigenvalue weighted by molar-refractivity contribution is 0.580. The molecular formula is C6H11N3. The molecule has 0 saturated heterocycles. The second kappa shape index (κ2) is 2.55. The van der Waals surface area contributed by atoms with Crippen LogP contribution in [0.5, 0.6) is 0 Å². The van der Waals surface area contributed by atoms with Crippen LogP contribution >= 0.6 is 0 Å². The van der Waals surface area contributed by atoms with E-state index in [0.29, 0.717) is 5.82 Å². The third kappa shape index (κ3) is 1.47. The van der Waals surface area contributed by atoms with Gasteiger partial charge in [-0.2, -0.15) is 0 Å². The molecule has 50 valence electrons. The standard InChI is InChI=1S/C6H11N3/c1-8-6-4-2-3-5(7)9-6/h2-4,6,8-9H,7H2,1H3. The number of hydrogen-bond acceptors (Lipinski definition) is 3. The fourth-order valence-corrected chi connectivity index (χ4v) is 0.715. The van der Waals surface area contributed by atoms with Gasteiger partial charge in [0.2, 0.25) is 0 Å². The minimum atomic E-state index is 0.190. The Morgan fingerprint density at radius 2 is 2.56 bits per heavy atom. The maximum absolute atomic E-state index is 5.46. The predicted octanol–water partition coefficient (Wildman–Crippen LogP) is -0.509. The van der Waals surface area contributed by atoms with Gasteiger partial charge in [0.1, 0.15) is 0 Å². The molecule has 0 fully saturated rings. The van der Waals surface area contributed by atoms with Gasteiger partial charge < -0.3 is 11.1 Å². The van der Waals surface area contributed by atoms with Crippen molar-refractivity contribution < 1.29 is 0 Å². The van der Waals surface area contributed by atoms with Gasteiger partial charge in [-0.1, -0.05) is 6.08 Å². The van der Waals surface area contributed by atoms with Gasteiger partial charge in [0.25, 0.3) is 0 Å². The van der Waals surface area contributed by atoms with E-state index in [2.05, 4.69) is 10.6 Å². The fourth-order valence-electron chi connectivity index (χ4n) is 0.715. The summed E-state index contributed by atoms with van der Waals surface area (Å²) in [6.07, 6.45) is 5.94. The third-order valence-corrected chi connectivity index (χ3v) is 1.21. The number of nitrogens with two attached hydrogens (primary N) is 1. The first-order valence-corrected chi connectivity index (χ1v) is 2.90. The van der Waals surface area contributed by atoms with Crippen molar-refractivity contribution >= 4 is 0 Å². The topological polar surface area (TPSA) is 50.1 Å². The van der Waals surface area contributed by atoms with Crippen molar-refractivity contribution in [3.63, 3.8) is 0 Å². The Morgan fingerprint density at radius 3 is 3.00 bits per heavy atom. The number of nitrogens with one attached hydrogen (secondary N) is 2. The highest BCUT2D eigenvalue weighted by Crippen LogP contribution is 1.92. The summed E-state index contributed by atoms with van der Waals surface area (Å²) in [5.74, 6) is 0.705. The summed E-state index contributed by atoms with van der Waals surface area (Å²) in [6, 6.07) is 0. The molecule has 0 aliphatic carbocycles. The van der Waals surface area contributed by atoms with Crippen molar-refractivity contribution in [2.75, 3.05) is 7.05 Å². The van der Waals surface area contributed by atoms with E-state index in [1.807, 2.05) is 25.3 Å². The molecule has 0 spiro atoms. The third-order valence-electron chi connectivity index (χ3n) is 1.21. The van der Waals surface area contributed by atoms with E-state index < -0.39 is 0 Å². The largest absolute Gasteiger partial charge is 0.385 e. The number of dihydropyridines is 1. The van der Waals surface area contributed by atoms with Crippen molar-refractivity contribution in [1.82, 2.24) is 10.6 Å². The summed E-state index contributed by atoms with van der Waals surface area (Å²) in [5.41, 5.74) is 5.46. The summed E-state index contributed by atoms with van der Waals surface area (Å²) in [5, 5.41) is 6.02. The molecule has 0 aromatic carbocycles. The quantitative estimate of drug-likeness (QED) is 0.442. The van der Waals surface area contributed by atoms with Crippen LogP contribution in [0.15, 0.2) is 24.0 Å². The molecule has 0 saturated carbocycles. The summed E-state index contributed by atoms with van der Waals surface area (Å²) in [4.78, 5) is 0. The smallest absolute Gasteiger partial charge is 0.0974 e. The van der Waals surface area contributed by atoms with Gasteiger partial charge >= 0.3 is 0 Å². The molecule has 1 unspecified atom stereocenters. The average molecular weight is 125 g/mol. The Balaban J connectivity index is 2.51. The van der Waals surface area contributed by atoms with E-state index >= 15 is 0 Å². The van der Waals surface area contributed by atoms with Gasteiger partial charge in [-0.25, -0.2) is 0 Å². The highest BCUT2D eigenvalue weighted by molar-refractivity contribution is 5.16. The van der Waals surface area contributed by atoms with Crippen LogP contribution in [0.4, 0.5) is 0 Å². The highest BCUT2D eigenvalue weighted by atomic mass is 15.1. The maximum atomic E-state index is 5.46.